The summed E-state index contributed by atoms with van der Waals surface area (Å²) in [6.45, 7) is 7.25. The first-order valence-electron chi connectivity index (χ1n) is 7.64. The van der Waals surface area contributed by atoms with Crippen LogP contribution in [0.2, 0.25) is 0 Å². The molecule has 2 atom stereocenters. The van der Waals surface area contributed by atoms with Crippen LogP contribution in [0.5, 0.6) is 0 Å². The molecule has 2 heterocycles. The van der Waals surface area contributed by atoms with Crippen LogP contribution in [0.1, 0.15) is 40.0 Å². The molecule has 1 fully saturated rings. The largest absolute Gasteiger partial charge is 0.426 e. The van der Waals surface area contributed by atoms with E-state index in [2.05, 4.69) is 27.8 Å². The lowest BCUT2D eigenvalue weighted by Crippen LogP contribution is -2.66. The van der Waals surface area contributed by atoms with E-state index in [9.17, 15) is 4.79 Å². The number of carbonyl (C=O) groups is 1. The smallest absolute Gasteiger partial charge is 0.351 e. The molecule has 0 aromatic rings. The number of nitrogens with one attached hydrogen (secondary N) is 2. The second-order valence-corrected chi connectivity index (χ2v) is 7.00. The van der Waals surface area contributed by atoms with Crippen molar-refractivity contribution in [2.75, 3.05) is 13.2 Å². The first kappa shape index (κ1) is 14.5. The van der Waals surface area contributed by atoms with E-state index in [0.717, 1.165) is 31.5 Å². The normalized spacial score (nSPS) is 32.1. The Bertz CT molecular complexity index is 494. The highest BCUT2D eigenvalue weighted by molar-refractivity contribution is 6.05. The summed E-state index contributed by atoms with van der Waals surface area (Å²) in [5.74, 6) is 0. The van der Waals surface area contributed by atoms with E-state index in [0.29, 0.717) is 6.67 Å². The maximum absolute atomic E-state index is 12.0. The van der Waals surface area contributed by atoms with Crippen LogP contribution in [0.4, 0.5) is 4.79 Å². The summed E-state index contributed by atoms with van der Waals surface area (Å²) < 4.78 is 0. The van der Waals surface area contributed by atoms with Crippen molar-refractivity contribution in [2.45, 2.75) is 57.2 Å². The quantitative estimate of drug-likeness (QED) is 0.770. The van der Waals surface area contributed by atoms with Gasteiger partial charge in [-0.2, -0.15) is 0 Å². The zero-order valence-corrected chi connectivity index (χ0v) is 13.0. The van der Waals surface area contributed by atoms with Gasteiger partial charge in [0, 0.05) is 12.1 Å². The molecule has 6 nitrogen and oxygen atoms in total. The maximum atomic E-state index is 12.0. The Morgan fingerprint density at radius 3 is 3.14 bits per heavy atom. The molecule has 0 radical (unpaired) electrons. The van der Waals surface area contributed by atoms with Gasteiger partial charge in [-0.1, -0.05) is 6.08 Å². The van der Waals surface area contributed by atoms with Crippen molar-refractivity contribution in [1.82, 2.24) is 15.7 Å². The average Bonchev–Trinajstić information content (AvgIpc) is 2.78. The topological polar surface area (TPSA) is 66.0 Å². The van der Waals surface area contributed by atoms with Gasteiger partial charge in [-0.3, -0.25) is 10.3 Å². The van der Waals surface area contributed by atoms with Crippen LogP contribution in [0.3, 0.4) is 0 Å². The van der Waals surface area contributed by atoms with Gasteiger partial charge in [-0.05, 0) is 46.1 Å². The summed E-state index contributed by atoms with van der Waals surface area (Å²) in [6, 6.07) is 0.128. The number of carbonyl (C=O) groups excluding carboxylic acids is 1. The molecule has 1 spiro atoms. The molecule has 0 saturated carbocycles. The van der Waals surface area contributed by atoms with Crippen molar-refractivity contribution in [3.8, 4) is 0 Å². The molecule has 2 unspecified atom stereocenters. The Balaban J connectivity index is 1.74. The summed E-state index contributed by atoms with van der Waals surface area (Å²) in [6.07, 6.45) is 6.74. The molecule has 0 aromatic heterocycles. The van der Waals surface area contributed by atoms with Gasteiger partial charge in [-0.25, -0.2) is 4.79 Å². The van der Waals surface area contributed by atoms with Crippen molar-refractivity contribution >= 4 is 11.8 Å². The zero-order valence-electron chi connectivity index (χ0n) is 13.0. The molecule has 2 aliphatic heterocycles. The van der Waals surface area contributed by atoms with Crippen LogP contribution in [0, 0.1) is 0 Å². The van der Waals surface area contributed by atoms with Crippen LogP contribution in [0.25, 0.3) is 0 Å². The standard InChI is InChI=1S/C15H24N4O2/c1-14(2,3)18-13(20)21-19-9-5-8-15-11(16-10-17-15)6-4-7-12(15)19/h4,6,12,17H,5,7-10H2,1-3H3,(H,18,20). The number of hydroxylamine groups is 2. The van der Waals surface area contributed by atoms with E-state index in [1.165, 1.54) is 0 Å². The molecule has 2 N–H and O–H groups in total. The van der Waals surface area contributed by atoms with Crippen LogP contribution < -0.4 is 10.6 Å². The minimum absolute atomic E-state index is 0.128. The van der Waals surface area contributed by atoms with E-state index in [-0.39, 0.29) is 23.2 Å². The molecule has 6 heteroatoms. The highest BCUT2D eigenvalue weighted by Gasteiger charge is 2.51. The van der Waals surface area contributed by atoms with Gasteiger partial charge in [0.25, 0.3) is 0 Å². The van der Waals surface area contributed by atoms with Crippen molar-refractivity contribution in [3.63, 3.8) is 0 Å². The molecule has 1 saturated heterocycles. The highest BCUT2D eigenvalue weighted by Crippen LogP contribution is 2.37. The van der Waals surface area contributed by atoms with Gasteiger partial charge in [0.2, 0.25) is 0 Å². The Hall–Kier alpha value is -1.40. The number of hydrogen-bond acceptors (Lipinski definition) is 5. The van der Waals surface area contributed by atoms with Crippen LogP contribution in [-0.4, -0.2) is 47.2 Å². The minimum atomic E-state index is -0.384. The van der Waals surface area contributed by atoms with Gasteiger partial charge >= 0.3 is 6.09 Å². The molecular formula is C15H24N4O2. The Kier molecular flexibility index (Phi) is 3.53. The summed E-state index contributed by atoms with van der Waals surface area (Å²) in [5.41, 5.74) is 0.660. The van der Waals surface area contributed by atoms with Crippen molar-refractivity contribution in [2.24, 2.45) is 4.99 Å². The molecule has 21 heavy (non-hydrogen) atoms. The maximum Gasteiger partial charge on any atom is 0.426 e. The van der Waals surface area contributed by atoms with E-state index >= 15 is 0 Å². The molecule has 1 amide bonds. The number of rotatable bonds is 1. The SMILES string of the molecule is CC(C)(C)NC(=O)ON1CCCC23NCN=C2C=CCC13. The van der Waals surface area contributed by atoms with Gasteiger partial charge in [0.05, 0.1) is 24.0 Å². The lowest BCUT2D eigenvalue weighted by molar-refractivity contribution is -0.160. The summed E-state index contributed by atoms with van der Waals surface area (Å²) in [4.78, 5) is 22.2. The van der Waals surface area contributed by atoms with Crippen molar-refractivity contribution < 1.29 is 9.63 Å². The molecule has 3 aliphatic rings. The molecule has 0 aromatic carbocycles. The van der Waals surface area contributed by atoms with Gasteiger partial charge in [-0.15, -0.1) is 5.06 Å². The monoisotopic (exact) mass is 292 g/mol. The molecular weight excluding hydrogens is 268 g/mol. The lowest BCUT2D eigenvalue weighted by atomic mass is 9.74. The third-order valence-electron chi connectivity index (χ3n) is 4.28. The number of nitrogens with zero attached hydrogens (tertiary/aromatic N) is 2. The van der Waals surface area contributed by atoms with Gasteiger partial charge in [0.15, 0.2) is 0 Å². The van der Waals surface area contributed by atoms with Gasteiger partial charge in [0.1, 0.15) is 0 Å². The minimum Gasteiger partial charge on any atom is -0.351 e. The van der Waals surface area contributed by atoms with E-state index in [1.807, 2.05) is 25.8 Å². The Morgan fingerprint density at radius 1 is 1.57 bits per heavy atom. The first-order valence-corrected chi connectivity index (χ1v) is 7.64. The zero-order chi connectivity index (χ0) is 15.1. The molecule has 116 valence electrons. The predicted octanol–water partition coefficient (Wildman–Crippen LogP) is 1.59. The van der Waals surface area contributed by atoms with E-state index < -0.39 is 0 Å². The molecule has 1 aliphatic carbocycles. The molecule has 0 bridgehead atoms. The first-order chi connectivity index (χ1) is 9.91. The highest BCUT2D eigenvalue weighted by atomic mass is 16.7. The summed E-state index contributed by atoms with van der Waals surface area (Å²) in [5, 5.41) is 8.20. The fraction of sp³-hybridized carbons (Fsp3) is 0.733. The predicted molar refractivity (Wildman–Crippen MR) is 81.0 cm³/mol. The lowest BCUT2D eigenvalue weighted by Gasteiger charge is -2.48. The third kappa shape index (κ3) is 2.70. The van der Waals surface area contributed by atoms with Crippen LogP contribution >= 0.6 is 0 Å². The fourth-order valence-electron chi connectivity index (χ4n) is 3.46. The van der Waals surface area contributed by atoms with E-state index in [1.54, 1.807) is 0 Å². The van der Waals surface area contributed by atoms with Crippen molar-refractivity contribution in [3.05, 3.63) is 12.2 Å². The molecule has 3 rings (SSSR count). The number of piperidine rings is 1. The number of hydrogen-bond donors (Lipinski definition) is 2. The third-order valence-corrected chi connectivity index (χ3v) is 4.28. The fourth-order valence-corrected chi connectivity index (χ4v) is 3.46. The second kappa shape index (κ2) is 5.10. The Labute approximate surface area is 125 Å². The van der Waals surface area contributed by atoms with Crippen molar-refractivity contribution in [1.29, 1.82) is 0 Å². The van der Waals surface area contributed by atoms with E-state index in [4.69, 9.17) is 4.84 Å². The summed E-state index contributed by atoms with van der Waals surface area (Å²) >= 11 is 0. The van der Waals surface area contributed by atoms with Gasteiger partial charge < -0.3 is 10.2 Å². The number of amides is 1. The second-order valence-electron chi connectivity index (χ2n) is 7.00. The Morgan fingerprint density at radius 2 is 2.38 bits per heavy atom. The van der Waals surface area contributed by atoms with Crippen LogP contribution in [0.15, 0.2) is 17.1 Å². The number of aliphatic imine (C=N–C) groups is 1. The average molecular weight is 292 g/mol. The van der Waals surface area contributed by atoms with Crippen LogP contribution in [-0.2, 0) is 4.84 Å². The summed E-state index contributed by atoms with van der Waals surface area (Å²) in [7, 11) is 0.